The molecule has 0 heterocycles. The van der Waals surface area contributed by atoms with Gasteiger partial charge >= 0.3 is 5.97 Å². The van der Waals surface area contributed by atoms with Crippen LogP contribution in [0.2, 0.25) is 0 Å². The van der Waals surface area contributed by atoms with Gasteiger partial charge in [-0.1, -0.05) is 12.6 Å². The van der Waals surface area contributed by atoms with Gasteiger partial charge in [-0.3, -0.25) is 0 Å². The predicted molar refractivity (Wildman–Crippen MR) is 140 cm³/mol. The number of methoxy groups -OCH3 is 2. The van der Waals surface area contributed by atoms with Crippen molar-refractivity contribution in [1.82, 2.24) is 0 Å². The summed E-state index contributed by atoms with van der Waals surface area (Å²) >= 11 is 0. The van der Waals surface area contributed by atoms with E-state index in [2.05, 4.69) is 12.6 Å². The zero-order valence-corrected chi connectivity index (χ0v) is 21.6. The van der Waals surface area contributed by atoms with E-state index in [0.29, 0.717) is 54.0 Å². The third-order valence-electron chi connectivity index (χ3n) is 5.27. The van der Waals surface area contributed by atoms with E-state index in [1.165, 1.54) is 0 Å². The Bertz CT molecular complexity index is 1100. The summed E-state index contributed by atoms with van der Waals surface area (Å²) in [6.45, 7) is 8.57. The molecule has 0 bridgehead atoms. The SMILES string of the molecule is C=C(C)C(=O)OCCCCCCOc1ccc(C=C(C#N)c2ccc(OC)c(OC)c2)cc1OCC. The first kappa shape index (κ1) is 28.3. The van der Waals surface area contributed by atoms with E-state index in [1.807, 2.05) is 31.2 Å². The molecule has 0 unspecified atom stereocenters. The maximum atomic E-state index is 11.4. The number of hydrogen-bond donors (Lipinski definition) is 0. The minimum absolute atomic E-state index is 0.342. The third kappa shape index (κ3) is 8.70. The lowest BCUT2D eigenvalue weighted by atomic mass is 10.0. The number of benzene rings is 2. The second-order valence-corrected chi connectivity index (χ2v) is 8.06. The van der Waals surface area contributed by atoms with Crippen LogP contribution in [0.4, 0.5) is 0 Å². The summed E-state index contributed by atoms with van der Waals surface area (Å²) in [6, 6.07) is 13.3. The molecular weight excluding hydrogens is 458 g/mol. The highest BCUT2D eigenvalue weighted by Crippen LogP contribution is 2.33. The monoisotopic (exact) mass is 493 g/mol. The largest absolute Gasteiger partial charge is 0.493 e. The Balaban J connectivity index is 1.99. The lowest BCUT2D eigenvalue weighted by Crippen LogP contribution is -2.06. The Labute approximate surface area is 213 Å². The molecule has 2 rings (SSSR count). The van der Waals surface area contributed by atoms with Gasteiger partial charge in [-0.15, -0.1) is 0 Å². The molecule has 2 aromatic rings. The lowest BCUT2D eigenvalue weighted by Gasteiger charge is -2.13. The molecule has 0 spiro atoms. The van der Waals surface area contributed by atoms with Crippen LogP contribution in [0, 0.1) is 11.3 Å². The molecule has 0 N–H and O–H groups in total. The van der Waals surface area contributed by atoms with Crippen molar-refractivity contribution in [2.45, 2.75) is 39.5 Å². The first-order valence-electron chi connectivity index (χ1n) is 12.0. The average Bonchev–Trinajstić information content (AvgIpc) is 2.89. The summed E-state index contributed by atoms with van der Waals surface area (Å²) in [7, 11) is 3.13. The number of ether oxygens (including phenoxy) is 5. The van der Waals surface area contributed by atoms with Gasteiger partial charge in [0.25, 0.3) is 0 Å². The fraction of sp³-hybridized carbons (Fsp3) is 0.379. The number of rotatable bonds is 15. The van der Waals surface area contributed by atoms with E-state index < -0.39 is 0 Å². The lowest BCUT2D eigenvalue weighted by molar-refractivity contribution is -0.139. The van der Waals surface area contributed by atoms with Crippen molar-refractivity contribution in [3.05, 3.63) is 59.7 Å². The Morgan fingerprint density at radius 2 is 1.61 bits per heavy atom. The molecule has 0 saturated heterocycles. The minimum atomic E-state index is -0.342. The maximum Gasteiger partial charge on any atom is 0.333 e. The van der Waals surface area contributed by atoms with Crippen molar-refractivity contribution in [3.8, 4) is 29.1 Å². The van der Waals surface area contributed by atoms with Crippen LogP contribution >= 0.6 is 0 Å². The number of carbonyl (C=O) groups is 1. The summed E-state index contributed by atoms with van der Waals surface area (Å²) in [4.78, 5) is 11.4. The first-order chi connectivity index (χ1) is 17.4. The van der Waals surface area contributed by atoms with Gasteiger partial charge in [-0.05, 0) is 87.1 Å². The summed E-state index contributed by atoms with van der Waals surface area (Å²) in [5, 5.41) is 9.76. The van der Waals surface area contributed by atoms with Gasteiger partial charge in [0.2, 0.25) is 0 Å². The van der Waals surface area contributed by atoms with Gasteiger partial charge in [0.1, 0.15) is 0 Å². The molecule has 0 saturated carbocycles. The van der Waals surface area contributed by atoms with Gasteiger partial charge in [0.15, 0.2) is 23.0 Å². The normalized spacial score (nSPS) is 10.8. The Morgan fingerprint density at radius 3 is 2.25 bits per heavy atom. The number of carbonyl (C=O) groups excluding carboxylic acids is 1. The summed E-state index contributed by atoms with van der Waals surface area (Å²) in [5.74, 6) is 2.11. The summed E-state index contributed by atoms with van der Waals surface area (Å²) in [6.07, 6.45) is 5.40. The van der Waals surface area contributed by atoms with Crippen molar-refractivity contribution >= 4 is 17.6 Å². The van der Waals surface area contributed by atoms with Crippen LogP contribution < -0.4 is 18.9 Å². The standard InChI is InChI=1S/C29H35NO6/c1-6-34-28-18-22(17-24(20-30)23-12-14-25(32-4)27(19-23)33-5)11-13-26(28)35-15-9-7-8-10-16-36-29(31)21(2)3/h11-14,17-19H,2,6-10,15-16H2,1,3-5H3. The van der Waals surface area contributed by atoms with Crippen molar-refractivity contribution in [3.63, 3.8) is 0 Å². The van der Waals surface area contributed by atoms with Crippen LogP contribution in [0.25, 0.3) is 11.6 Å². The molecule has 0 amide bonds. The third-order valence-corrected chi connectivity index (χ3v) is 5.27. The Kier molecular flexibility index (Phi) is 11.9. The van der Waals surface area contributed by atoms with Crippen LogP contribution in [0.1, 0.15) is 50.7 Å². The van der Waals surface area contributed by atoms with Crippen molar-refractivity contribution < 1.29 is 28.5 Å². The van der Waals surface area contributed by atoms with E-state index in [9.17, 15) is 10.1 Å². The fourth-order valence-electron chi connectivity index (χ4n) is 3.38. The Morgan fingerprint density at radius 1 is 0.917 bits per heavy atom. The Hall–Kier alpha value is -3.92. The first-order valence-corrected chi connectivity index (χ1v) is 12.0. The van der Waals surface area contributed by atoms with E-state index in [1.54, 1.807) is 39.4 Å². The molecule has 0 aliphatic heterocycles. The van der Waals surface area contributed by atoms with Crippen LogP contribution in [0.15, 0.2) is 48.6 Å². The molecule has 0 aliphatic rings. The summed E-state index contributed by atoms with van der Waals surface area (Å²) < 4.78 is 27.5. The molecule has 0 atom stereocenters. The number of nitrogens with zero attached hydrogens (tertiary/aromatic N) is 1. The fourth-order valence-corrected chi connectivity index (χ4v) is 3.38. The molecule has 0 aromatic heterocycles. The molecule has 7 heteroatoms. The molecule has 36 heavy (non-hydrogen) atoms. The maximum absolute atomic E-state index is 11.4. The van der Waals surface area contributed by atoms with Crippen LogP contribution in [-0.2, 0) is 9.53 Å². The second kappa shape index (κ2) is 15.2. The van der Waals surface area contributed by atoms with Gasteiger partial charge in [0, 0.05) is 5.57 Å². The van der Waals surface area contributed by atoms with E-state index in [0.717, 1.165) is 36.8 Å². The number of hydrogen-bond acceptors (Lipinski definition) is 7. The van der Waals surface area contributed by atoms with Gasteiger partial charge in [-0.25, -0.2) is 4.79 Å². The molecule has 2 aromatic carbocycles. The van der Waals surface area contributed by atoms with E-state index in [4.69, 9.17) is 23.7 Å². The molecule has 0 aliphatic carbocycles. The van der Waals surface area contributed by atoms with Crippen molar-refractivity contribution in [1.29, 1.82) is 5.26 Å². The molecule has 7 nitrogen and oxygen atoms in total. The predicted octanol–water partition coefficient (Wildman–Crippen LogP) is 6.23. The molecular formula is C29H35NO6. The van der Waals surface area contributed by atoms with Gasteiger partial charge < -0.3 is 23.7 Å². The molecule has 0 radical (unpaired) electrons. The van der Waals surface area contributed by atoms with E-state index >= 15 is 0 Å². The highest BCUT2D eigenvalue weighted by molar-refractivity contribution is 5.90. The molecule has 192 valence electrons. The van der Waals surface area contributed by atoms with Crippen LogP contribution in [0.3, 0.4) is 0 Å². The quantitative estimate of drug-likeness (QED) is 0.0956. The highest BCUT2D eigenvalue weighted by atomic mass is 16.5. The van der Waals surface area contributed by atoms with Crippen LogP contribution in [0.5, 0.6) is 23.0 Å². The number of esters is 1. The van der Waals surface area contributed by atoms with E-state index in [-0.39, 0.29) is 5.97 Å². The van der Waals surface area contributed by atoms with Crippen molar-refractivity contribution in [2.75, 3.05) is 34.0 Å². The second-order valence-electron chi connectivity index (χ2n) is 8.06. The number of nitriles is 1. The number of allylic oxidation sites excluding steroid dienone is 1. The molecule has 0 fully saturated rings. The minimum Gasteiger partial charge on any atom is -0.493 e. The average molecular weight is 494 g/mol. The highest BCUT2D eigenvalue weighted by Gasteiger charge is 2.10. The summed E-state index contributed by atoms with van der Waals surface area (Å²) in [5.41, 5.74) is 2.45. The zero-order valence-electron chi connectivity index (χ0n) is 21.6. The smallest absolute Gasteiger partial charge is 0.333 e. The number of unbranched alkanes of at least 4 members (excludes halogenated alkanes) is 3. The van der Waals surface area contributed by atoms with Crippen molar-refractivity contribution in [2.24, 2.45) is 0 Å². The van der Waals surface area contributed by atoms with Crippen LogP contribution in [-0.4, -0.2) is 40.0 Å². The topological polar surface area (TPSA) is 87.0 Å². The van der Waals surface area contributed by atoms with Gasteiger partial charge in [-0.2, -0.15) is 5.26 Å². The zero-order chi connectivity index (χ0) is 26.3. The van der Waals surface area contributed by atoms with Gasteiger partial charge in [0.05, 0.1) is 45.7 Å².